The van der Waals surface area contributed by atoms with E-state index in [9.17, 15) is 9.18 Å². The van der Waals surface area contributed by atoms with Crippen LogP contribution in [-0.2, 0) is 4.79 Å². The minimum atomic E-state index is -0.398. The third-order valence-corrected chi connectivity index (χ3v) is 4.77. The third-order valence-electron chi connectivity index (χ3n) is 4.77. The number of carbonyl (C=O) groups excluding carboxylic acids is 1. The number of rotatable bonds is 9. The number of benzene rings is 2. The van der Waals surface area contributed by atoms with Crippen molar-refractivity contribution in [2.75, 3.05) is 32.9 Å². The lowest BCUT2D eigenvalue weighted by Crippen LogP contribution is -2.39. The molecule has 2 aromatic rings. The molecule has 2 N–H and O–H groups in total. The van der Waals surface area contributed by atoms with E-state index in [1.807, 2.05) is 18.2 Å². The lowest BCUT2D eigenvalue weighted by Gasteiger charge is -2.24. The average molecular weight is 416 g/mol. The van der Waals surface area contributed by atoms with Gasteiger partial charge in [0.1, 0.15) is 6.61 Å². The number of fused-ring (bicyclic) bond motifs is 1. The second kappa shape index (κ2) is 10.8. The Morgan fingerprint density at radius 3 is 2.67 bits per heavy atom. The predicted octanol–water partition coefficient (Wildman–Crippen LogP) is 3.47. The van der Waals surface area contributed by atoms with Crippen LogP contribution in [0.3, 0.4) is 0 Å². The van der Waals surface area contributed by atoms with Crippen molar-refractivity contribution in [2.24, 2.45) is 5.92 Å². The summed E-state index contributed by atoms with van der Waals surface area (Å²) in [5, 5.41) is 6.10. The molecule has 0 saturated heterocycles. The number of ether oxygens (including phenoxy) is 3. The monoisotopic (exact) mass is 416 g/mol. The summed E-state index contributed by atoms with van der Waals surface area (Å²) >= 11 is 0. The maximum atomic E-state index is 13.5. The van der Waals surface area contributed by atoms with Crippen molar-refractivity contribution in [1.82, 2.24) is 10.6 Å². The van der Waals surface area contributed by atoms with Crippen molar-refractivity contribution >= 4 is 5.91 Å². The average Bonchev–Trinajstić information content (AvgIpc) is 2.97. The van der Waals surface area contributed by atoms with Crippen LogP contribution in [-0.4, -0.2) is 38.8 Å². The summed E-state index contributed by atoms with van der Waals surface area (Å²) in [6.45, 7) is 6.22. The highest BCUT2D eigenvalue weighted by molar-refractivity contribution is 5.78. The Morgan fingerprint density at radius 1 is 1.13 bits per heavy atom. The maximum Gasteiger partial charge on any atom is 0.234 e. The summed E-state index contributed by atoms with van der Waals surface area (Å²) in [5.74, 6) is 1.34. The van der Waals surface area contributed by atoms with E-state index in [2.05, 4.69) is 24.5 Å². The number of hydrogen-bond donors (Lipinski definition) is 2. The van der Waals surface area contributed by atoms with Crippen LogP contribution in [0, 0.1) is 11.7 Å². The van der Waals surface area contributed by atoms with E-state index in [4.69, 9.17) is 14.2 Å². The molecular weight excluding hydrogens is 387 g/mol. The van der Waals surface area contributed by atoms with Gasteiger partial charge in [0.05, 0.1) is 25.8 Å². The van der Waals surface area contributed by atoms with Gasteiger partial charge in [-0.2, -0.15) is 0 Å². The predicted molar refractivity (Wildman–Crippen MR) is 113 cm³/mol. The molecule has 1 amide bonds. The molecule has 1 aliphatic rings. The molecule has 0 aliphatic carbocycles. The quantitative estimate of drug-likeness (QED) is 0.613. The van der Waals surface area contributed by atoms with E-state index < -0.39 is 5.82 Å². The Balaban J connectivity index is 1.48. The number of halogens is 1. The van der Waals surface area contributed by atoms with Crippen LogP contribution in [0.5, 0.6) is 17.2 Å². The Labute approximate surface area is 176 Å². The van der Waals surface area contributed by atoms with Gasteiger partial charge in [0.2, 0.25) is 5.91 Å². The van der Waals surface area contributed by atoms with Crippen LogP contribution in [0.15, 0.2) is 42.5 Å². The van der Waals surface area contributed by atoms with Crippen LogP contribution < -0.4 is 24.8 Å². The molecule has 6 nitrogen and oxygen atoms in total. The van der Waals surface area contributed by atoms with Gasteiger partial charge in [-0.1, -0.05) is 32.0 Å². The summed E-state index contributed by atoms with van der Waals surface area (Å²) in [7, 11) is 0. The van der Waals surface area contributed by atoms with E-state index in [0.29, 0.717) is 25.5 Å². The van der Waals surface area contributed by atoms with Crippen LogP contribution in [0.25, 0.3) is 0 Å². The molecule has 0 saturated carbocycles. The number of nitrogens with one attached hydrogen (secondary N) is 2. The highest BCUT2D eigenvalue weighted by Gasteiger charge is 2.21. The van der Waals surface area contributed by atoms with Gasteiger partial charge in [-0.05, 0) is 35.7 Å². The minimum Gasteiger partial charge on any atom is -0.490 e. The summed E-state index contributed by atoms with van der Waals surface area (Å²) in [4.78, 5) is 12.4. The fourth-order valence-corrected chi connectivity index (χ4v) is 3.23. The minimum absolute atomic E-state index is 0.119. The molecule has 1 aliphatic heterocycles. The summed E-state index contributed by atoms with van der Waals surface area (Å²) in [6.07, 6.45) is 0.848. The first-order chi connectivity index (χ1) is 14.5. The van der Waals surface area contributed by atoms with E-state index in [-0.39, 0.29) is 36.8 Å². The van der Waals surface area contributed by atoms with Gasteiger partial charge in [-0.25, -0.2) is 4.39 Å². The van der Waals surface area contributed by atoms with Crippen LogP contribution in [0.2, 0.25) is 0 Å². The van der Waals surface area contributed by atoms with Crippen LogP contribution >= 0.6 is 0 Å². The third kappa shape index (κ3) is 6.10. The molecule has 0 bridgehead atoms. The van der Waals surface area contributed by atoms with E-state index in [1.54, 1.807) is 18.2 Å². The fourth-order valence-electron chi connectivity index (χ4n) is 3.23. The molecule has 0 aromatic heterocycles. The normalized spacial score (nSPS) is 14.1. The summed E-state index contributed by atoms with van der Waals surface area (Å²) in [5.41, 5.74) is 0.977. The molecule has 1 atom stereocenters. The van der Waals surface area contributed by atoms with Gasteiger partial charge in [0, 0.05) is 13.0 Å². The first-order valence-electron chi connectivity index (χ1n) is 10.3. The zero-order chi connectivity index (χ0) is 21.3. The molecule has 0 radical (unpaired) electrons. The van der Waals surface area contributed by atoms with E-state index >= 15 is 0 Å². The van der Waals surface area contributed by atoms with Crippen molar-refractivity contribution in [3.63, 3.8) is 0 Å². The van der Waals surface area contributed by atoms with Crippen molar-refractivity contribution in [1.29, 1.82) is 0 Å². The lowest BCUT2D eigenvalue weighted by atomic mass is 9.95. The molecule has 7 heteroatoms. The van der Waals surface area contributed by atoms with E-state index in [1.165, 1.54) is 6.07 Å². The molecule has 30 heavy (non-hydrogen) atoms. The van der Waals surface area contributed by atoms with Gasteiger partial charge in [-0.15, -0.1) is 0 Å². The molecular formula is C23H29FN2O4. The van der Waals surface area contributed by atoms with Crippen molar-refractivity contribution in [2.45, 2.75) is 26.3 Å². The molecule has 0 fully saturated rings. The largest absolute Gasteiger partial charge is 0.490 e. The standard InChI is InChI=1S/C23H29FN2O4/c1-16(2)23(17-8-9-20-21(14-17)29-12-5-11-28-20)26-22(27)15-25-10-13-30-19-7-4-3-6-18(19)24/h3-4,6-9,14,16,23,25H,5,10-13,15H2,1-2H3,(H,26,27)/t23-/m1/s1. The lowest BCUT2D eigenvalue weighted by molar-refractivity contribution is -0.121. The molecule has 3 rings (SSSR count). The number of hydrogen-bond acceptors (Lipinski definition) is 5. The van der Waals surface area contributed by atoms with Gasteiger partial charge in [0.15, 0.2) is 23.1 Å². The zero-order valence-electron chi connectivity index (χ0n) is 17.4. The van der Waals surface area contributed by atoms with Gasteiger partial charge in [-0.3, -0.25) is 4.79 Å². The molecule has 0 unspecified atom stereocenters. The summed E-state index contributed by atoms with van der Waals surface area (Å²) in [6, 6.07) is 11.9. The number of amides is 1. The highest BCUT2D eigenvalue weighted by Crippen LogP contribution is 2.34. The SMILES string of the molecule is CC(C)[C@@H](NC(=O)CNCCOc1ccccc1F)c1ccc2c(c1)OCCCO2. The Bertz CT molecular complexity index is 844. The van der Waals surface area contributed by atoms with Crippen molar-refractivity contribution < 1.29 is 23.4 Å². The maximum absolute atomic E-state index is 13.5. The Kier molecular flexibility index (Phi) is 7.90. The topological polar surface area (TPSA) is 68.8 Å². The number of carbonyl (C=O) groups is 1. The van der Waals surface area contributed by atoms with E-state index in [0.717, 1.165) is 17.7 Å². The smallest absolute Gasteiger partial charge is 0.234 e. The second-order valence-corrected chi connectivity index (χ2v) is 7.50. The molecule has 162 valence electrons. The van der Waals surface area contributed by atoms with Crippen LogP contribution in [0.1, 0.15) is 31.9 Å². The molecule has 0 spiro atoms. The molecule has 1 heterocycles. The van der Waals surface area contributed by atoms with Gasteiger partial charge in [0.25, 0.3) is 0 Å². The first-order valence-corrected chi connectivity index (χ1v) is 10.3. The Morgan fingerprint density at radius 2 is 1.90 bits per heavy atom. The van der Waals surface area contributed by atoms with Gasteiger partial charge >= 0.3 is 0 Å². The number of para-hydroxylation sites is 1. The molecule has 2 aromatic carbocycles. The van der Waals surface area contributed by atoms with Crippen molar-refractivity contribution in [3.8, 4) is 17.2 Å². The zero-order valence-corrected chi connectivity index (χ0v) is 17.4. The Hall–Kier alpha value is -2.80. The highest BCUT2D eigenvalue weighted by atomic mass is 19.1. The second-order valence-electron chi connectivity index (χ2n) is 7.50. The first kappa shape index (κ1) is 21.9. The summed E-state index contributed by atoms with van der Waals surface area (Å²) < 4.78 is 30.3. The van der Waals surface area contributed by atoms with Crippen LogP contribution in [0.4, 0.5) is 4.39 Å². The van der Waals surface area contributed by atoms with Gasteiger partial charge < -0.3 is 24.8 Å². The fraction of sp³-hybridized carbons (Fsp3) is 0.435. The van der Waals surface area contributed by atoms with Crippen molar-refractivity contribution in [3.05, 3.63) is 53.8 Å².